The summed E-state index contributed by atoms with van der Waals surface area (Å²) in [6, 6.07) is 15.8. The van der Waals surface area contributed by atoms with E-state index in [2.05, 4.69) is 14.9 Å². The van der Waals surface area contributed by atoms with E-state index in [0.29, 0.717) is 12.8 Å². The molecule has 1 saturated heterocycles. The lowest BCUT2D eigenvalue weighted by molar-refractivity contribution is -0.0296. The van der Waals surface area contributed by atoms with Crippen molar-refractivity contribution in [1.82, 2.24) is 14.9 Å². The van der Waals surface area contributed by atoms with Gasteiger partial charge in [0.25, 0.3) is 0 Å². The number of likely N-dealkylation sites (tertiary alicyclic amines) is 1. The standard InChI is InChI=1S/C20H23N3O2/c1-25-18-9-5-2-6-15(18)20(24)10-12-23(13-11-20)14-19-21-16-7-3-4-8-17(16)22-19/h2-9,24H,10-14H2,1H3,(H,21,22). The van der Waals surface area contributed by atoms with E-state index in [9.17, 15) is 5.11 Å². The largest absolute Gasteiger partial charge is 0.496 e. The van der Waals surface area contributed by atoms with Gasteiger partial charge in [-0.1, -0.05) is 30.3 Å². The third kappa shape index (κ3) is 3.13. The van der Waals surface area contributed by atoms with E-state index in [1.807, 2.05) is 48.5 Å². The number of rotatable bonds is 4. The first-order valence-electron chi connectivity index (χ1n) is 8.70. The van der Waals surface area contributed by atoms with E-state index in [1.165, 1.54) is 0 Å². The molecule has 0 unspecified atom stereocenters. The number of aromatic amines is 1. The number of methoxy groups -OCH3 is 1. The highest BCUT2D eigenvalue weighted by Crippen LogP contribution is 2.38. The van der Waals surface area contributed by atoms with E-state index in [1.54, 1.807) is 7.11 Å². The Hall–Kier alpha value is -2.37. The third-order valence-electron chi connectivity index (χ3n) is 5.10. The maximum absolute atomic E-state index is 11.1. The number of hydrogen-bond donors (Lipinski definition) is 2. The second-order valence-corrected chi connectivity index (χ2v) is 6.71. The van der Waals surface area contributed by atoms with Crippen LogP contribution in [0.2, 0.25) is 0 Å². The van der Waals surface area contributed by atoms with Crippen LogP contribution in [0.25, 0.3) is 11.0 Å². The molecule has 2 N–H and O–H groups in total. The molecular formula is C20H23N3O2. The van der Waals surface area contributed by atoms with Crippen LogP contribution in [-0.4, -0.2) is 40.2 Å². The van der Waals surface area contributed by atoms with Crippen LogP contribution in [0.4, 0.5) is 0 Å². The van der Waals surface area contributed by atoms with Gasteiger partial charge in [0, 0.05) is 18.7 Å². The van der Waals surface area contributed by atoms with Crippen LogP contribution in [0, 0.1) is 0 Å². The summed E-state index contributed by atoms with van der Waals surface area (Å²) in [5.41, 5.74) is 2.14. The molecule has 2 heterocycles. The van der Waals surface area contributed by atoms with Gasteiger partial charge < -0.3 is 14.8 Å². The van der Waals surface area contributed by atoms with Crippen LogP contribution in [0.15, 0.2) is 48.5 Å². The molecule has 0 atom stereocenters. The molecule has 3 aromatic rings. The van der Waals surface area contributed by atoms with Crippen molar-refractivity contribution in [2.24, 2.45) is 0 Å². The Bertz CT molecular complexity index is 833. The summed E-state index contributed by atoms with van der Waals surface area (Å²) in [7, 11) is 1.65. The Kier molecular flexibility index (Phi) is 4.19. The molecule has 1 aromatic heterocycles. The summed E-state index contributed by atoms with van der Waals surface area (Å²) in [5, 5.41) is 11.1. The number of nitrogens with zero attached hydrogens (tertiary/aromatic N) is 2. The Labute approximate surface area is 147 Å². The maximum Gasteiger partial charge on any atom is 0.124 e. The van der Waals surface area contributed by atoms with Gasteiger partial charge >= 0.3 is 0 Å². The Morgan fingerprint density at radius 1 is 1.12 bits per heavy atom. The summed E-state index contributed by atoms with van der Waals surface area (Å²) in [5.74, 6) is 1.74. The van der Waals surface area contributed by atoms with Crippen molar-refractivity contribution < 1.29 is 9.84 Å². The molecule has 5 heteroatoms. The molecule has 1 fully saturated rings. The van der Waals surface area contributed by atoms with Crippen molar-refractivity contribution in [3.05, 3.63) is 59.9 Å². The quantitative estimate of drug-likeness (QED) is 0.768. The number of aromatic nitrogens is 2. The van der Waals surface area contributed by atoms with Gasteiger partial charge in [0.1, 0.15) is 11.6 Å². The first-order chi connectivity index (χ1) is 12.2. The van der Waals surface area contributed by atoms with Gasteiger partial charge in [-0.05, 0) is 31.0 Å². The second-order valence-electron chi connectivity index (χ2n) is 6.71. The molecule has 0 radical (unpaired) electrons. The molecule has 5 nitrogen and oxygen atoms in total. The van der Waals surface area contributed by atoms with Crippen LogP contribution < -0.4 is 4.74 Å². The number of ether oxygens (including phenoxy) is 1. The van der Waals surface area contributed by atoms with Gasteiger partial charge in [-0.25, -0.2) is 4.98 Å². The van der Waals surface area contributed by atoms with Crippen molar-refractivity contribution in [2.45, 2.75) is 25.0 Å². The molecule has 0 amide bonds. The Balaban J connectivity index is 1.45. The molecule has 0 aliphatic carbocycles. The number of H-pyrrole nitrogens is 1. The topological polar surface area (TPSA) is 61.4 Å². The minimum atomic E-state index is -0.822. The normalized spacial score (nSPS) is 17.7. The second kappa shape index (κ2) is 6.50. The molecule has 2 aromatic carbocycles. The number of hydrogen-bond acceptors (Lipinski definition) is 4. The van der Waals surface area contributed by atoms with Crippen LogP contribution in [-0.2, 0) is 12.1 Å². The summed E-state index contributed by atoms with van der Waals surface area (Å²) in [6.45, 7) is 2.42. The predicted molar refractivity (Wildman–Crippen MR) is 97.5 cm³/mol. The SMILES string of the molecule is COc1ccccc1C1(O)CCN(Cc2nc3ccccc3[nH]2)CC1. The lowest BCUT2D eigenvalue weighted by Gasteiger charge is -2.38. The average molecular weight is 337 g/mol. The lowest BCUT2D eigenvalue weighted by atomic mass is 9.84. The van der Waals surface area contributed by atoms with Crippen molar-refractivity contribution in [3.63, 3.8) is 0 Å². The predicted octanol–water partition coefficient (Wildman–Crippen LogP) is 3.06. The minimum absolute atomic E-state index is 0.688. The van der Waals surface area contributed by atoms with Gasteiger partial charge in [-0.3, -0.25) is 4.90 Å². The molecule has 0 saturated carbocycles. The maximum atomic E-state index is 11.1. The number of para-hydroxylation sites is 3. The Morgan fingerprint density at radius 3 is 2.60 bits per heavy atom. The molecule has 1 aliphatic rings. The highest BCUT2D eigenvalue weighted by atomic mass is 16.5. The highest BCUT2D eigenvalue weighted by Gasteiger charge is 2.36. The van der Waals surface area contributed by atoms with Crippen molar-refractivity contribution in [3.8, 4) is 5.75 Å². The lowest BCUT2D eigenvalue weighted by Crippen LogP contribution is -2.42. The fourth-order valence-electron chi connectivity index (χ4n) is 3.67. The van der Waals surface area contributed by atoms with Crippen molar-refractivity contribution in [1.29, 1.82) is 0 Å². The number of imidazole rings is 1. The van der Waals surface area contributed by atoms with E-state index in [0.717, 1.165) is 47.8 Å². The zero-order valence-corrected chi connectivity index (χ0v) is 14.4. The number of benzene rings is 2. The first-order valence-corrected chi connectivity index (χ1v) is 8.70. The van der Waals surface area contributed by atoms with E-state index >= 15 is 0 Å². The van der Waals surface area contributed by atoms with Gasteiger partial charge in [0.05, 0.1) is 30.3 Å². The number of piperidine rings is 1. The highest BCUT2D eigenvalue weighted by molar-refractivity contribution is 5.74. The molecule has 0 bridgehead atoms. The molecular weight excluding hydrogens is 314 g/mol. The van der Waals surface area contributed by atoms with Crippen molar-refractivity contribution in [2.75, 3.05) is 20.2 Å². The van der Waals surface area contributed by atoms with Crippen LogP contribution in [0.1, 0.15) is 24.2 Å². The smallest absolute Gasteiger partial charge is 0.124 e. The zero-order valence-electron chi connectivity index (χ0n) is 14.4. The van der Waals surface area contributed by atoms with Gasteiger partial charge in [0.2, 0.25) is 0 Å². The summed E-state index contributed by atoms with van der Waals surface area (Å²) >= 11 is 0. The van der Waals surface area contributed by atoms with Crippen LogP contribution >= 0.6 is 0 Å². The van der Waals surface area contributed by atoms with Gasteiger partial charge in [-0.2, -0.15) is 0 Å². The zero-order chi connectivity index (χ0) is 17.3. The molecule has 130 valence electrons. The molecule has 25 heavy (non-hydrogen) atoms. The van der Waals surface area contributed by atoms with Gasteiger partial charge in [-0.15, -0.1) is 0 Å². The van der Waals surface area contributed by atoms with E-state index in [4.69, 9.17) is 4.74 Å². The van der Waals surface area contributed by atoms with Crippen LogP contribution in [0.5, 0.6) is 5.75 Å². The third-order valence-corrected chi connectivity index (χ3v) is 5.10. The van der Waals surface area contributed by atoms with E-state index < -0.39 is 5.60 Å². The first kappa shape index (κ1) is 16.1. The Morgan fingerprint density at radius 2 is 1.84 bits per heavy atom. The minimum Gasteiger partial charge on any atom is -0.496 e. The van der Waals surface area contributed by atoms with Crippen molar-refractivity contribution >= 4 is 11.0 Å². The van der Waals surface area contributed by atoms with Crippen LogP contribution in [0.3, 0.4) is 0 Å². The summed E-state index contributed by atoms with van der Waals surface area (Å²) in [6.07, 6.45) is 1.38. The molecule has 0 spiro atoms. The molecule has 4 rings (SSSR count). The monoisotopic (exact) mass is 337 g/mol. The van der Waals surface area contributed by atoms with E-state index in [-0.39, 0.29) is 0 Å². The fourth-order valence-corrected chi connectivity index (χ4v) is 3.67. The van der Waals surface area contributed by atoms with Gasteiger partial charge in [0.15, 0.2) is 0 Å². The fraction of sp³-hybridized carbons (Fsp3) is 0.350. The number of aliphatic hydroxyl groups is 1. The molecule has 1 aliphatic heterocycles. The summed E-state index contributed by atoms with van der Waals surface area (Å²) < 4.78 is 5.43. The number of fused-ring (bicyclic) bond motifs is 1. The number of nitrogens with one attached hydrogen (secondary N) is 1. The summed E-state index contributed by atoms with van der Waals surface area (Å²) in [4.78, 5) is 10.4. The average Bonchev–Trinajstić information content (AvgIpc) is 3.06.